The maximum absolute atomic E-state index is 12.1. The molecule has 0 saturated heterocycles. The highest BCUT2D eigenvalue weighted by molar-refractivity contribution is 6.35. The van der Waals surface area contributed by atoms with Crippen molar-refractivity contribution in [1.29, 1.82) is 0 Å². The van der Waals surface area contributed by atoms with Gasteiger partial charge in [0.2, 0.25) is 5.76 Å². The molecule has 0 spiro atoms. The number of hydrazone groups is 1. The van der Waals surface area contributed by atoms with Gasteiger partial charge in [0.15, 0.2) is 6.61 Å². The van der Waals surface area contributed by atoms with Gasteiger partial charge in [-0.25, -0.2) is 10.2 Å². The van der Waals surface area contributed by atoms with E-state index in [4.69, 9.17) is 32.4 Å². The molecule has 0 atom stereocenters. The molecule has 2 heterocycles. The molecule has 0 bridgehead atoms. The van der Waals surface area contributed by atoms with Crippen LogP contribution >= 0.6 is 23.2 Å². The number of rotatable bonds is 8. The molecule has 0 radical (unpaired) electrons. The fourth-order valence-electron chi connectivity index (χ4n) is 3.29. The number of benzene rings is 2. The lowest BCUT2D eigenvalue weighted by Crippen LogP contribution is -2.24. The number of nitrogens with zero attached hydrogens (tertiary/aromatic N) is 2. The van der Waals surface area contributed by atoms with Crippen LogP contribution in [0.5, 0.6) is 5.75 Å². The summed E-state index contributed by atoms with van der Waals surface area (Å²) < 4.78 is 17.6. The summed E-state index contributed by atoms with van der Waals surface area (Å²) in [6, 6.07) is 15.8. The largest absolute Gasteiger partial charge is 0.482 e. The molecule has 0 aliphatic heterocycles. The molecular formula is C24H19Cl2N3O5. The molecule has 2 aromatic carbocycles. The van der Waals surface area contributed by atoms with Crippen LogP contribution in [0, 0.1) is 0 Å². The van der Waals surface area contributed by atoms with Gasteiger partial charge in [0, 0.05) is 27.7 Å². The van der Waals surface area contributed by atoms with Crippen LogP contribution in [0.3, 0.4) is 0 Å². The highest BCUT2D eigenvalue weighted by atomic mass is 35.5. The van der Waals surface area contributed by atoms with Crippen molar-refractivity contribution in [2.45, 2.75) is 6.54 Å². The molecule has 10 heteroatoms. The Balaban J connectivity index is 1.43. The number of ether oxygens (including phenoxy) is 2. The zero-order valence-electron chi connectivity index (χ0n) is 18.0. The summed E-state index contributed by atoms with van der Waals surface area (Å²) in [6.07, 6.45) is 3.43. The summed E-state index contributed by atoms with van der Waals surface area (Å²) in [7, 11) is 1.30. The van der Waals surface area contributed by atoms with Crippen molar-refractivity contribution < 1.29 is 23.5 Å². The lowest BCUT2D eigenvalue weighted by molar-refractivity contribution is -0.123. The van der Waals surface area contributed by atoms with Crippen molar-refractivity contribution in [1.82, 2.24) is 9.99 Å². The van der Waals surface area contributed by atoms with Crippen LogP contribution in [-0.2, 0) is 16.1 Å². The smallest absolute Gasteiger partial charge is 0.373 e. The van der Waals surface area contributed by atoms with Gasteiger partial charge in [-0.05, 0) is 36.4 Å². The average molecular weight is 500 g/mol. The highest BCUT2D eigenvalue weighted by Crippen LogP contribution is 2.27. The molecule has 174 valence electrons. The van der Waals surface area contributed by atoms with Crippen molar-refractivity contribution in [2.24, 2.45) is 5.10 Å². The minimum absolute atomic E-state index is 0.139. The predicted molar refractivity (Wildman–Crippen MR) is 129 cm³/mol. The maximum atomic E-state index is 12.1. The van der Waals surface area contributed by atoms with E-state index in [0.29, 0.717) is 28.1 Å². The number of hydrogen-bond donors (Lipinski definition) is 1. The van der Waals surface area contributed by atoms with Crippen molar-refractivity contribution >= 4 is 52.2 Å². The number of nitrogens with one attached hydrogen (secondary N) is 1. The topological polar surface area (TPSA) is 95.1 Å². The summed E-state index contributed by atoms with van der Waals surface area (Å²) in [6.45, 7) is 0.134. The molecule has 0 fully saturated rings. The third kappa shape index (κ3) is 5.41. The Labute approximate surface area is 204 Å². The number of methoxy groups -OCH3 is 1. The second-order valence-corrected chi connectivity index (χ2v) is 7.99. The van der Waals surface area contributed by atoms with Gasteiger partial charge in [0.05, 0.1) is 24.9 Å². The van der Waals surface area contributed by atoms with Crippen LogP contribution < -0.4 is 10.2 Å². The Kier molecular flexibility index (Phi) is 7.20. The lowest BCUT2D eigenvalue weighted by atomic mass is 10.2. The zero-order valence-corrected chi connectivity index (χ0v) is 19.5. The number of amides is 1. The van der Waals surface area contributed by atoms with Crippen LogP contribution in [0.25, 0.3) is 10.9 Å². The summed E-state index contributed by atoms with van der Waals surface area (Å²) >= 11 is 11.9. The van der Waals surface area contributed by atoms with E-state index < -0.39 is 11.9 Å². The fraction of sp³-hybridized carbons (Fsp3) is 0.125. The second-order valence-electron chi connectivity index (χ2n) is 7.14. The first-order valence-corrected chi connectivity index (χ1v) is 10.8. The highest BCUT2D eigenvalue weighted by Gasteiger charge is 2.13. The van der Waals surface area contributed by atoms with E-state index in [0.717, 1.165) is 16.5 Å². The molecule has 0 aliphatic rings. The molecule has 1 N–H and O–H groups in total. The number of hydrogen-bond acceptors (Lipinski definition) is 6. The number of carbonyl (C=O) groups is 2. The molecule has 0 unspecified atom stereocenters. The van der Waals surface area contributed by atoms with E-state index in [2.05, 4.69) is 15.3 Å². The van der Waals surface area contributed by atoms with Crippen LogP contribution in [0.4, 0.5) is 0 Å². The maximum Gasteiger partial charge on any atom is 0.373 e. The van der Waals surface area contributed by atoms with E-state index in [-0.39, 0.29) is 12.4 Å². The molecule has 4 rings (SSSR count). The average Bonchev–Trinajstić information content (AvgIpc) is 3.43. The zero-order chi connectivity index (χ0) is 24.1. The van der Waals surface area contributed by atoms with Gasteiger partial charge in [-0.1, -0.05) is 41.4 Å². The van der Waals surface area contributed by atoms with E-state index in [1.54, 1.807) is 30.5 Å². The lowest BCUT2D eigenvalue weighted by Gasteiger charge is -2.06. The van der Waals surface area contributed by atoms with E-state index >= 15 is 0 Å². The minimum atomic E-state index is -0.533. The van der Waals surface area contributed by atoms with E-state index in [9.17, 15) is 9.59 Å². The van der Waals surface area contributed by atoms with Gasteiger partial charge in [-0.3, -0.25) is 4.79 Å². The molecule has 8 nitrogen and oxygen atoms in total. The van der Waals surface area contributed by atoms with E-state index in [1.165, 1.54) is 13.2 Å². The van der Waals surface area contributed by atoms with Gasteiger partial charge < -0.3 is 18.5 Å². The third-order valence-corrected chi connectivity index (χ3v) is 5.37. The molecule has 0 aliphatic carbocycles. The van der Waals surface area contributed by atoms with Crippen molar-refractivity contribution in [3.63, 3.8) is 0 Å². The Morgan fingerprint density at radius 3 is 2.76 bits per heavy atom. The van der Waals surface area contributed by atoms with Crippen molar-refractivity contribution in [3.05, 3.63) is 87.9 Å². The molecule has 0 saturated carbocycles. The van der Waals surface area contributed by atoms with Crippen molar-refractivity contribution in [3.8, 4) is 5.75 Å². The van der Waals surface area contributed by atoms with Gasteiger partial charge in [-0.2, -0.15) is 5.10 Å². The number of aromatic nitrogens is 1. The number of furan rings is 1. The molecular weight excluding hydrogens is 481 g/mol. The van der Waals surface area contributed by atoms with Crippen LogP contribution in [0.2, 0.25) is 10.0 Å². The summed E-state index contributed by atoms with van der Waals surface area (Å²) in [5, 5.41) is 5.76. The predicted octanol–water partition coefficient (Wildman–Crippen LogP) is 4.91. The first-order valence-electron chi connectivity index (χ1n) is 10.1. The first kappa shape index (κ1) is 23.4. The molecule has 4 aromatic rings. The van der Waals surface area contributed by atoms with Gasteiger partial charge in [0.25, 0.3) is 5.91 Å². The third-order valence-electron chi connectivity index (χ3n) is 4.84. The summed E-state index contributed by atoms with van der Waals surface area (Å²) in [4.78, 5) is 23.7. The van der Waals surface area contributed by atoms with Gasteiger partial charge >= 0.3 is 5.97 Å². The number of para-hydroxylation sites is 1. The Morgan fingerprint density at radius 1 is 1.15 bits per heavy atom. The molecule has 1 amide bonds. The first-order chi connectivity index (χ1) is 16.4. The minimum Gasteiger partial charge on any atom is -0.482 e. The SMILES string of the molecule is COC(=O)c1ccc(Cn2cc(/C=N/NC(=O)COc3ccc(Cl)cc3Cl)c3ccccc32)o1. The van der Waals surface area contributed by atoms with Gasteiger partial charge in [0.1, 0.15) is 11.5 Å². The van der Waals surface area contributed by atoms with Crippen LogP contribution in [0.1, 0.15) is 21.9 Å². The summed E-state index contributed by atoms with van der Waals surface area (Å²) in [5.74, 6) is 0.101. The Bertz CT molecular complexity index is 1380. The van der Waals surface area contributed by atoms with Gasteiger partial charge in [-0.15, -0.1) is 0 Å². The number of fused-ring (bicyclic) bond motifs is 1. The summed E-state index contributed by atoms with van der Waals surface area (Å²) in [5.41, 5.74) is 4.16. The number of esters is 1. The molecule has 2 aromatic heterocycles. The standard InChI is InChI=1S/C24H19Cl2N3O5/c1-32-24(31)22-9-7-17(34-22)13-29-12-15(18-4-2-3-5-20(18)29)11-27-28-23(30)14-33-21-8-6-16(25)10-19(21)26/h2-12H,13-14H2,1H3,(H,28,30)/b27-11+. The van der Waals surface area contributed by atoms with Crippen LogP contribution in [-0.4, -0.2) is 36.4 Å². The Hall–Kier alpha value is -3.75. The van der Waals surface area contributed by atoms with E-state index in [1.807, 2.05) is 35.0 Å². The number of carbonyl (C=O) groups excluding carboxylic acids is 2. The fourth-order valence-corrected chi connectivity index (χ4v) is 3.75. The normalized spacial score (nSPS) is 11.1. The quantitative estimate of drug-likeness (QED) is 0.211. The van der Waals surface area contributed by atoms with Crippen LogP contribution in [0.15, 0.2) is 70.3 Å². The van der Waals surface area contributed by atoms with Crippen molar-refractivity contribution in [2.75, 3.05) is 13.7 Å². The Morgan fingerprint density at radius 2 is 1.97 bits per heavy atom. The monoisotopic (exact) mass is 499 g/mol. The second kappa shape index (κ2) is 10.5. The molecule has 34 heavy (non-hydrogen) atoms. The number of halogens is 2.